The Bertz CT molecular complexity index is 2030. The van der Waals surface area contributed by atoms with Crippen molar-refractivity contribution in [2.45, 2.75) is 51.0 Å². The largest absolute Gasteiger partial charge is 0.406 e. The summed E-state index contributed by atoms with van der Waals surface area (Å²) in [4.78, 5) is 49.3. The predicted octanol–water partition coefficient (Wildman–Crippen LogP) is 5.09. The molecule has 0 saturated carbocycles. The van der Waals surface area contributed by atoms with Crippen molar-refractivity contribution in [3.63, 3.8) is 0 Å². The average Bonchev–Trinajstić information content (AvgIpc) is 3.58. The Morgan fingerprint density at radius 1 is 1.06 bits per heavy atom. The van der Waals surface area contributed by atoms with Gasteiger partial charge in [0, 0.05) is 43.7 Å². The molecule has 1 unspecified atom stereocenters. The highest BCUT2D eigenvalue weighted by Gasteiger charge is 2.40. The van der Waals surface area contributed by atoms with E-state index in [4.69, 9.17) is 11.6 Å². The molecule has 1 fully saturated rings. The number of carbonyl (C=O) groups is 2. The van der Waals surface area contributed by atoms with E-state index < -0.39 is 24.5 Å². The number of hydrogen-bond acceptors (Lipinski definition) is 5. The number of benzene rings is 2. The molecule has 2 aromatic carbocycles. The molecule has 5 heterocycles. The quantitative estimate of drug-likeness (QED) is 0.272. The van der Waals surface area contributed by atoms with E-state index in [1.807, 2.05) is 36.4 Å². The van der Waals surface area contributed by atoms with Crippen molar-refractivity contribution in [2.24, 2.45) is 5.92 Å². The zero-order valence-corrected chi connectivity index (χ0v) is 26.0. The third-order valence-corrected chi connectivity index (χ3v) is 9.48. The van der Waals surface area contributed by atoms with Crippen LogP contribution in [0.2, 0.25) is 5.02 Å². The molecular formula is C33H31ClF3N7O3. The van der Waals surface area contributed by atoms with Gasteiger partial charge < -0.3 is 9.80 Å². The normalized spacial score (nSPS) is 17.8. The van der Waals surface area contributed by atoms with Gasteiger partial charge in [-0.2, -0.15) is 18.3 Å². The molecule has 2 amide bonds. The Balaban J connectivity index is 1.13. The smallest absolute Gasteiger partial charge is 0.343 e. The number of halogens is 4. The van der Waals surface area contributed by atoms with Crippen molar-refractivity contribution in [1.82, 2.24) is 34.1 Å². The van der Waals surface area contributed by atoms with E-state index in [0.717, 1.165) is 10.5 Å². The third-order valence-electron chi connectivity index (χ3n) is 9.19. The Morgan fingerprint density at radius 3 is 2.57 bits per heavy atom. The topological polar surface area (TPSA) is 109 Å². The fraction of sp³-hybridized carbons (Fsp3) is 0.364. The first kappa shape index (κ1) is 31.0. The van der Waals surface area contributed by atoms with Gasteiger partial charge in [0.25, 0.3) is 0 Å². The molecule has 0 spiro atoms. The van der Waals surface area contributed by atoms with Gasteiger partial charge in [-0.1, -0.05) is 41.9 Å². The van der Waals surface area contributed by atoms with Gasteiger partial charge in [0.1, 0.15) is 6.54 Å². The minimum atomic E-state index is -4.63. The highest BCUT2D eigenvalue weighted by Crippen LogP contribution is 2.37. The number of pyridine rings is 1. The molecule has 10 nitrogen and oxygen atoms in total. The molecule has 1 saturated heterocycles. The molecule has 7 rings (SSSR count). The highest BCUT2D eigenvalue weighted by atomic mass is 35.5. The molecular weight excluding hydrogens is 635 g/mol. The number of hydrogen-bond donors (Lipinski definition) is 1. The zero-order chi connectivity index (χ0) is 32.9. The second-order valence-electron chi connectivity index (χ2n) is 12.2. The van der Waals surface area contributed by atoms with E-state index >= 15 is 0 Å². The summed E-state index contributed by atoms with van der Waals surface area (Å²) in [5, 5.41) is 5.46. The SMILES string of the molecule is O=C(CC1Cc2cc(Cl)c3c(cnn3Cc3ccccc3)c2CN(CC(F)(F)F)C1=O)N1CCC(n2c(=O)[nH]c3ncccc32)CC1. The first-order valence-electron chi connectivity index (χ1n) is 15.4. The Hall–Kier alpha value is -4.65. The number of fused-ring (bicyclic) bond motifs is 4. The fourth-order valence-corrected chi connectivity index (χ4v) is 7.34. The first-order chi connectivity index (χ1) is 22.6. The molecule has 2 aliphatic rings. The molecule has 0 bridgehead atoms. The number of amides is 2. The summed E-state index contributed by atoms with van der Waals surface area (Å²) in [5.41, 5.74) is 3.65. The van der Waals surface area contributed by atoms with E-state index in [1.165, 1.54) is 0 Å². The summed E-state index contributed by atoms with van der Waals surface area (Å²) in [7, 11) is 0. The summed E-state index contributed by atoms with van der Waals surface area (Å²) >= 11 is 6.77. The van der Waals surface area contributed by atoms with Gasteiger partial charge in [0.05, 0.1) is 34.7 Å². The molecule has 1 N–H and O–H groups in total. The van der Waals surface area contributed by atoms with Gasteiger partial charge in [-0.25, -0.2) is 9.78 Å². The van der Waals surface area contributed by atoms with Crippen molar-refractivity contribution in [3.05, 3.63) is 93.1 Å². The maximum atomic E-state index is 13.8. The van der Waals surface area contributed by atoms with Crippen molar-refractivity contribution in [2.75, 3.05) is 19.6 Å². The number of H-pyrrole nitrogens is 1. The highest BCUT2D eigenvalue weighted by molar-refractivity contribution is 6.35. The Morgan fingerprint density at radius 2 is 1.83 bits per heavy atom. The number of piperidine rings is 1. The first-order valence-corrected chi connectivity index (χ1v) is 15.8. The van der Waals surface area contributed by atoms with Crippen molar-refractivity contribution >= 4 is 45.5 Å². The number of nitrogens with one attached hydrogen (secondary N) is 1. The number of alkyl halides is 3. The lowest BCUT2D eigenvalue weighted by Crippen LogP contribution is -2.44. The van der Waals surface area contributed by atoms with Gasteiger partial charge >= 0.3 is 11.9 Å². The second kappa shape index (κ2) is 12.2. The second-order valence-corrected chi connectivity index (χ2v) is 12.7. The van der Waals surface area contributed by atoms with Crippen molar-refractivity contribution < 1.29 is 22.8 Å². The maximum absolute atomic E-state index is 13.8. The number of likely N-dealkylation sites (tertiary alicyclic amines) is 1. The van der Waals surface area contributed by atoms with Crippen LogP contribution >= 0.6 is 11.6 Å². The van der Waals surface area contributed by atoms with Crippen LogP contribution in [0.3, 0.4) is 0 Å². The monoisotopic (exact) mass is 665 g/mol. The molecule has 14 heteroatoms. The van der Waals surface area contributed by atoms with Crippen LogP contribution in [0, 0.1) is 5.92 Å². The summed E-state index contributed by atoms with van der Waals surface area (Å²) in [6, 6.07) is 14.7. The summed E-state index contributed by atoms with van der Waals surface area (Å²) in [6.07, 6.45) is -0.591. The number of imidazole rings is 1. The predicted molar refractivity (Wildman–Crippen MR) is 169 cm³/mol. The van der Waals surface area contributed by atoms with Crippen LogP contribution in [0.25, 0.3) is 22.1 Å². The van der Waals surface area contributed by atoms with Gasteiger partial charge in [-0.3, -0.25) is 23.8 Å². The minimum absolute atomic E-state index is 0.0714. The van der Waals surface area contributed by atoms with E-state index in [1.54, 1.807) is 38.7 Å². The Labute approximate surface area is 271 Å². The van der Waals surface area contributed by atoms with Crippen LogP contribution in [0.15, 0.2) is 65.7 Å². The van der Waals surface area contributed by atoms with E-state index in [9.17, 15) is 27.6 Å². The van der Waals surface area contributed by atoms with Crippen LogP contribution in [0.4, 0.5) is 13.2 Å². The number of rotatable bonds is 6. The van der Waals surface area contributed by atoms with Crippen LogP contribution < -0.4 is 5.69 Å². The van der Waals surface area contributed by atoms with Crippen LogP contribution in [-0.2, 0) is 29.1 Å². The van der Waals surface area contributed by atoms with E-state index in [0.29, 0.717) is 70.7 Å². The zero-order valence-electron chi connectivity index (χ0n) is 25.2. The molecule has 0 radical (unpaired) electrons. The molecule has 47 heavy (non-hydrogen) atoms. The van der Waals surface area contributed by atoms with Crippen LogP contribution in [0.5, 0.6) is 0 Å². The number of nitrogens with zero attached hydrogens (tertiary/aromatic N) is 6. The molecule has 0 aliphatic carbocycles. The maximum Gasteiger partial charge on any atom is 0.406 e. The van der Waals surface area contributed by atoms with Crippen LogP contribution in [-0.4, -0.2) is 71.7 Å². The summed E-state index contributed by atoms with van der Waals surface area (Å²) in [6.45, 7) is -0.604. The lowest BCUT2D eigenvalue weighted by molar-refractivity contribution is -0.165. The standard InChI is InChI=1S/C33H31ClF3N7O3/c34-26-14-21-13-22(15-28(45)41-11-8-23(9-12-41)44-27-7-4-10-38-30(27)40-32(44)47)31(46)42(19-33(35,36)37)18-25(21)24-16-39-43(29(24)26)17-20-5-2-1-3-6-20/h1-7,10,14,16,22-23H,8-9,11-13,15,17-19H2,(H,38,40,47). The van der Waals surface area contributed by atoms with E-state index in [2.05, 4.69) is 15.1 Å². The molecule has 5 aromatic rings. The molecule has 2 aliphatic heterocycles. The molecule has 3 aromatic heterocycles. The van der Waals surface area contributed by atoms with Gasteiger partial charge in [-0.05, 0) is 54.2 Å². The number of aromatic amines is 1. The lowest BCUT2D eigenvalue weighted by atomic mass is 9.92. The third kappa shape index (κ3) is 6.11. The number of carbonyl (C=O) groups excluding carboxylic acids is 2. The van der Waals surface area contributed by atoms with Gasteiger partial charge in [-0.15, -0.1) is 0 Å². The molecule has 1 atom stereocenters. The van der Waals surface area contributed by atoms with Gasteiger partial charge in [0.15, 0.2) is 5.65 Å². The van der Waals surface area contributed by atoms with Gasteiger partial charge in [0.2, 0.25) is 11.8 Å². The number of aromatic nitrogens is 5. The molecule has 244 valence electrons. The van der Waals surface area contributed by atoms with Crippen molar-refractivity contribution in [3.8, 4) is 0 Å². The fourth-order valence-electron chi connectivity index (χ4n) is 7.01. The van der Waals surface area contributed by atoms with Crippen LogP contribution in [0.1, 0.15) is 42.0 Å². The minimum Gasteiger partial charge on any atom is -0.343 e. The lowest BCUT2D eigenvalue weighted by Gasteiger charge is -2.33. The van der Waals surface area contributed by atoms with E-state index in [-0.39, 0.29) is 37.0 Å². The summed E-state index contributed by atoms with van der Waals surface area (Å²) in [5.74, 6) is -2.03. The summed E-state index contributed by atoms with van der Waals surface area (Å²) < 4.78 is 44.7. The Kier molecular flexibility index (Phi) is 8.03. The average molecular weight is 666 g/mol. The van der Waals surface area contributed by atoms with Crippen molar-refractivity contribution in [1.29, 1.82) is 0 Å².